The van der Waals surface area contributed by atoms with Gasteiger partial charge >= 0.3 is 0 Å². The van der Waals surface area contributed by atoms with Crippen molar-refractivity contribution in [2.24, 2.45) is 0 Å². The van der Waals surface area contributed by atoms with Crippen LogP contribution in [0.4, 0.5) is 15.8 Å². The molecule has 1 aromatic carbocycles. The average molecular weight is 191 g/mol. The second kappa shape index (κ2) is 2.94. The highest BCUT2D eigenvalue weighted by Gasteiger charge is 2.12. The minimum atomic E-state index is -0.886. The SMILES string of the molecule is Nc1cc([N+](=O)[O-])cc(F)c1Cl. The van der Waals surface area contributed by atoms with Crippen LogP contribution < -0.4 is 5.73 Å². The van der Waals surface area contributed by atoms with E-state index in [0.29, 0.717) is 0 Å². The summed E-state index contributed by atoms with van der Waals surface area (Å²) < 4.78 is 12.7. The summed E-state index contributed by atoms with van der Waals surface area (Å²) in [6, 6.07) is 1.73. The molecular weight excluding hydrogens is 187 g/mol. The lowest BCUT2D eigenvalue weighted by atomic mass is 10.3. The van der Waals surface area contributed by atoms with Gasteiger partial charge in [-0.25, -0.2) is 4.39 Å². The van der Waals surface area contributed by atoms with Gasteiger partial charge in [0, 0.05) is 6.07 Å². The molecule has 12 heavy (non-hydrogen) atoms. The molecule has 1 rings (SSSR count). The summed E-state index contributed by atoms with van der Waals surface area (Å²) in [6.07, 6.45) is 0. The van der Waals surface area contributed by atoms with Crippen LogP contribution in [0, 0.1) is 15.9 Å². The fourth-order valence-corrected chi connectivity index (χ4v) is 0.810. The van der Waals surface area contributed by atoms with Crippen LogP contribution in [0.1, 0.15) is 0 Å². The molecule has 0 aliphatic heterocycles. The fourth-order valence-electron chi connectivity index (χ4n) is 0.701. The van der Waals surface area contributed by atoms with E-state index in [9.17, 15) is 14.5 Å². The van der Waals surface area contributed by atoms with Crippen molar-refractivity contribution in [2.45, 2.75) is 0 Å². The van der Waals surface area contributed by atoms with Crippen LogP contribution in [-0.2, 0) is 0 Å². The predicted molar refractivity (Wildman–Crippen MR) is 42.5 cm³/mol. The van der Waals surface area contributed by atoms with Crippen molar-refractivity contribution in [3.05, 3.63) is 33.1 Å². The summed E-state index contributed by atoms with van der Waals surface area (Å²) in [5.74, 6) is -0.886. The minimum Gasteiger partial charge on any atom is -0.397 e. The van der Waals surface area contributed by atoms with Crippen molar-refractivity contribution in [1.29, 1.82) is 0 Å². The largest absolute Gasteiger partial charge is 0.397 e. The highest BCUT2D eigenvalue weighted by Crippen LogP contribution is 2.27. The van der Waals surface area contributed by atoms with Crippen molar-refractivity contribution >= 4 is 23.0 Å². The van der Waals surface area contributed by atoms with Crippen LogP contribution in [0.3, 0.4) is 0 Å². The average Bonchev–Trinajstić information content (AvgIpc) is 1.99. The molecule has 6 heteroatoms. The lowest BCUT2D eigenvalue weighted by Gasteiger charge is -1.98. The Hall–Kier alpha value is -1.36. The standard InChI is InChI=1S/C6H4ClFN2O2/c7-6-4(8)1-3(10(11)12)2-5(6)9/h1-2H,9H2. The van der Waals surface area contributed by atoms with E-state index < -0.39 is 16.4 Å². The summed E-state index contributed by atoms with van der Waals surface area (Å²) in [4.78, 5) is 9.42. The molecule has 0 radical (unpaired) electrons. The molecule has 0 aromatic heterocycles. The molecule has 0 heterocycles. The van der Waals surface area contributed by atoms with E-state index in [4.69, 9.17) is 17.3 Å². The first kappa shape index (κ1) is 8.73. The Bertz CT molecular complexity index is 319. The number of nitrogens with two attached hydrogens (primary N) is 1. The molecule has 64 valence electrons. The van der Waals surface area contributed by atoms with E-state index in [-0.39, 0.29) is 10.7 Å². The first-order valence-corrected chi connectivity index (χ1v) is 3.29. The lowest BCUT2D eigenvalue weighted by molar-refractivity contribution is -0.385. The van der Waals surface area contributed by atoms with E-state index in [1.54, 1.807) is 0 Å². The van der Waals surface area contributed by atoms with E-state index in [2.05, 4.69) is 0 Å². The first-order valence-electron chi connectivity index (χ1n) is 2.91. The van der Waals surface area contributed by atoms with Crippen LogP contribution in [0.5, 0.6) is 0 Å². The molecule has 1 aromatic rings. The van der Waals surface area contributed by atoms with Crippen molar-refractivity contribution in [2.75, 3.05) is 5.73 Å². The van der Waals surface area contributed by atoms with Gasteiger partial charge in [0.05, 0.1) is 21.7 Å². The lowest BCUT2D eigenvalue weighted by Crippen LogP contribution is -1.94. The van der Waals surface area contributed by atoms with Crippen molar-refractivity contribution in [3.63, 3.8) is 0 Å². The minimum absolute atomic E-state index is 0.136. The van der Waals surface area contributed by atoms with Gasteiger partial charge in [-0.05, 0) is 0 Å². The van der Waals surface area contributed by atoms with Crippen molar-refractivity contribution in [3.8, 4) is 0 Å². The van der Waals surface area contributed by atoms with Gasteiger partial charge in [0.25, 0.3) is 5.69 Å². The number of nitro groups is 1. The number of non-ortho nitro benzene ring substituents is 1. The van der Waals surface area contributed by atoms with Crippen molar-refractivity contribution in [1.82, 2.24) is 0 Å². The van der Waals surface area contributed by atoms with E-state index in [0.717, 1.165) is 12.1 Å². The normalized spacial score (nSPS) is 9.83. The summed E-state index contributed by atoms with van der Waals surface area (Å²) in [6.45, 7) is 0. The maximum atomic E-state index is 12.7. The second-order valence-electron chi connectivity index (χ2n) is 2.09. The van der Waals surface area contributed by atoms with Gasteiger partial charge in [-0.3, -0.25) is 10.1 Å². The maximum Gasteiger partial charge on any atom is 0.274 e. The molecule has 0 bridgehead atoms. The Balaban J connectivity index is 3.31. The molecule has 0 saturated heterocycles. The molecule has 0 fully saturated rings. The van der Waals surface area contributed by atoms with Gasteiger partial charge in [0.15, 0.2) is 5.82 Å². The number of nitrogens with zero attached hydrogens (tertiary/aromatic N) is 1. The van der Waals surface area contributed by atoms with Gasteiger partial charge in [-0.1, -0.05) is 11.6 Å². The fraction of sp³-hybridized carbons (Fsp3) is 0. The van der Waals surface area contributed by atoms with Crippen LogP contribution in [0.15, 0.2) is 12.1 Å². The molecule has 0 atom stereocenters. The summed E-state index contributed by atoms with van der Waals surface area (Å²) in [5, 5.41) is 9.87. The molecule has 0 spiro atoms. The van der Waals surface area contributed by atoms with Gasteiger partial charge in [-0.15, -0.1) is 0 Å². The highest BCUT2D eigenvalue weighted by atomic mass is 35.5. The zero-order valence-electron chi connectivity index (χ0n) is 5.75. The number of halogens is 2. The van der Waals surface area contributed by atoms with E-state index in [1.165, 1.54) is 0 Å². The zero-order valence-corrected chi connectivity index (χ0v) is 6.51. The zero-order chi connectivity index (χ0) is 9.30. The number of nitrogen functional groups attached to an aromatic ring is 1. The van der Waals surface area contributed by atoms with Crippen LogP contribution in [0.25, 0.3) is 0 Å². The number of nitro benzene ring substituents is 1. The Labute approximate surface area is 71.9 Å². The van der Waals surface area contributed by atoms with E-state index in [1.807, 2.05) is 0 Å². The van der Waals surface area contributed by atoms with Crippen LogP contribution >= 0.6 is 11.6 Å². The molecule has 0 unspecified atom stereocenters. The number of benzene rings is 1. The first-order chi connectivity index (χ1) is 5.52. The Morgan fingerprint density at radius 3 is 2.58 bits per heavy atom. The molecule has 0 aliphatic rings. The third-order valence-electron chi connectivity index (χ3n) is 1.25. The summed E-state index contributed by atoms with van der Waals surface area (Å²) in [7, 11) is 0. The summed E-state index contributed by atoms with van der Waals surface area (Å²) in [5.41, 5.74) is 4.64. The van der Waals surface area contributed by atoms with Crippen LogP contribution in [0.2, 0.25) is 5.02 Å². The third kappa shape index (κ3) is 1.45. The van der Waals surface area contributed by atoms with Gasteiger partial charge in [0.1, 0.15) is 0 Å². The van der Waals surface area contributed by atoms with Gasteiger partial charge < -0.3 is 5.73 Å². The number of hydrogen-bond acceptors (Lipinski definition) is 3. The molecular formula is C6H4ClFN2O2. The van der Waals surface area contributed by atoms with Gasteiger partial charge in [-0.2, -0.15) is 0 Å². The van der Waals surface area contributed by atoms with E-state index >= 15 is 0 Å². The smallest absolute Gasteiger partial charge is 0.274 e. The van der Waals surface area contributed by atoms with Crippen LogP contribution in [-0.4, -0.2) is 4.92 Å². The predicted octanol–water partition coefficient (Wildman–Crippen LogP) is 1.97. The number of anilines is 1. The maximum absolute atomic E-state index is 12.7. The quantitative estimate of drug-likeness (QED) is 0.418. The molecule has 4 nitrogen and oxygen atoms in total. The summed E-state index contributed by atoms with van der Waals surface area (Å²) >= 11 is 5.33. The molecule has 0 amide bonds. The molecule has 2 N–H and O–H groups in total. The Morgan fingerprint density at radius 1 is 1.58 bits per heavy atom. The number of rotatable bonds is 1. The topological polar surface area (TPSA) is 69.2 Å². The second-order valence-corrected chi connectivity index (χ2v) is 2.47. The monoisotopic (exact) mass is 190 g/mol. The van der Waals surface area contributed by atoms with Gasteiger partial charge in [0.2, 0.25) is 0 Å². The number of hydrogen-bond donors (Lipinski definition) is 1. The van der Waals surface area contributed by atoms with Crippen molar-refractivity contribution < 1.29 is 9.31 Å². The Morgan fingerprint density at radius 2 is 2.17 bits per heavy atom. The molecule has 0 aliphatic carbocycles. The Kier molecular flexibility index (Phi) is 2.14. The molecule has 0 saturated carbocycles. The highest BCUT2D eigenvalue weighted by molar-refractivity contribution is 6.33. The third-order valence-corrected chi connectivity index (χ3v) is 1.65.